The highest BCUT2D eigenvalue weighted by Crippen LogP contribution is 2.31. The van der Waals surface area contributed by atoms with Crippen molar-refractivity contribution in [2.75, 3.05) is 48.0 Å². The van der Waals surface area contributed by atoms with E-state index in [1.54, 1.807) is 0 Å². The lowest BCUT2D eigenvalue weighted by Crippen LogP contribution is -2.36. The molecule has 0 bridgehead atoms. The van der Waals surface area contributed by atoms with Gasteiger partial charge in [0.2, 0.25) is 5.91 Å². The van der Waals surface area contributed by atoms with Gasteiger partial charge < -0.3 is 20.7 Å². The second-order valence-corrected chi connectivity index (χ2v) is 8.94. The van der Waals surface area contributed by atoms with Gasteiger partial charge in [-0.15, -0.1) is 0 Å². The number of nitrogen functional groups attached to an aromatic ring is 1. The van der Waals surface area contributed by atoms with Crippen molar-refractivity contribution in [3.63, 3.8) is 0 Å². The van der Waals surface area contributed by atoms with Crippen molar-refractivity contribution in [1.29, 1.82) is 0 Å². The molecule has 2 aromatic carbocycles. The minimum absolute atomic E-state index is 0.124. The van der Waals surface area contributed by atoms with E-state index in [4.69, 9.17) is 22.1 Å². The second-order valence-electron chi connectivity index (χ2n) is 7.56. The molecule has 3 N–H and O–H groups in total. The first-order valence-corrected chi connectivity index (χ1v) is 12.2. The number of ether oxygens (including phenoxy) is 1. The van der Waals surface area contributed by atoms with Crippen LogP contribution in [0.5, 0.6) is 0 Å². The summed E-state index contributed by atoms with van der Waals surface area (Å²) in [5, 5.41) is 4.07. The van der Waals surface area contributed by atoms with E-state index in [0.29, 0.717) is 22.4 Å². The Labute approximate surface area is 202 Å². The number of thioether (sulfide) groups is 1. The number of nitrogens with two attached hydrogens (primary N) is 1. The molecule has 1 aromatic heterocycles. The van der Waals surface area contributed by atoms with Crippen molar-refractivity contribution in [2.45, 2.75) is 18.5 Å². The third-order valence-corrected chi connectivity index (χ3v) is 6.42. The molecule has 1 amide bonds. The van der Waals surface area contributed by atoms with E-state index in [9.17, 15) is 4.79 Å². The summed E-state index contributed by atoms with van der Waals surface area (Å²) in [5.74, 6) is 0.459. The number of halogens is 1. The molecule has 0 unspecified atom stereocenters. The summed E-state index contributed by atoms with van der Waals surface area (Å²) in [5.41, 5.74) is 10.7. The number of morpholine rings is 1. The van der Waals surface area contributed by atoms with Crippen LogP contribution in [0.1, 0.15) is 12.6 Å². The molecule has 0 spiro atoms. The lowest BCUT2D eigenvalue weighted by Gasteiger charge is -2.28. The van der Waals surface area contributed by atoms with Gasteiger partial charge in [-0.3, -0.25) is 4.79 Å². The van der Waals surface area contributed by atoms with Gasteiger partial charge in [0.15, 0.2) is 5.16 Å². The van der Waals surface area contributed by atoms with Crippen molar-refractivity contribution in [2.24, 2.45) is 0 Å². The molecule has 1 aliphatic heterocycles. The highest BCUT2D eigenvalue weighted by molar-refractivity contribution is 7.99. The van der Waals surface area contributed by atoms with Crippen LogP contribution in [0.15, 0.2) is 53.7 Å². The third-order valence-electron chi connectivity index (χ3n) is 5.32. The van der Waals surface area contributed by atoms with Crippen molar-refractivity contribution < 1.29 is 9.53 Å². The number of hydrogen-bond donors (Lipinski definition) is 2. The van der Waals surface area contributed by atoms with Crippen LogP contribution >= 0.6 is 23.4 Å². The Morgan fingerprint density at radius 2 is 1.82 bits per heavy atom. The van der Waals surface area contributed by atoms with Crippen molar-refractivity contribution in [1.82, 2.24) is 9.97 Å². The van der Waals surface area contributed by atoms with E-state index < -0.39 is 0 Å². The van der Waals surface area contributed by atoms with Crippen LogP contribution in [0.4, 0.5) is 17.2 Å². The monoisotopic (exact) mass is 483 g/mol. The van der Waals surface area contributed by atoms with E-state index >= 15 is 0 Å². The van der Waals surface area contributed by atoms with E-state index in [1.165, 1.54) is 11.8 Å². The van der Waals surface area contributed by atoms with Gasteiger partial charge in [-0.1, -0.05) is 42.4 Å². The molecular formula is C24H26ClN5O2S. The third kappa shape index (κ3) is 5.96. The molecule has 3 aromatic rings. The van der Waals surface area contributed by atoms with Crippen molar-refractivity contribution >= 4 is 46.5 Å². The number of carbonyl (C=O) groups is 1. The minimum atomic E-state index is -0.124. The fourth-order valence-corrected chi connectivity index (χ4v) is 4.45. The Balaban J connectivity index is 1.37. The minimum Gasteiger partial charge on any atom is -0.383 e. The summed E-state index contributed by atoms with van der Waals surface area (Å²) < 4.78 is 5.39. The van der Waals surface area contributed by atoms with Gasteiger partial charge in [-0.25, -0.2) is 9.97 Å². The Kier molecular flexibility index (Phi) is 7.69. The molecule has 172 valence electrons. The standard InChI is InChI=1S/C24H26ClN5O2S/c1-2-20-22(16-3-5-17(25)6-4-16)23(26)29-24(28-20)33-15-21(31)27-18-7-9-19(10-8-18)30-11-13-32-14-12-30/h3-10H,2,11-15H2,1H3,(H,27,31)(H2,26,28,29). The molecule has 1 aliphatic rings. The number of rotatable bonds is 7. The number of carbonyl (C=O) groups excluding carboxylic acids is 1. The van der Waals surface area contributed by atoms with Gasteiger partial charge in [0, 0.05) is 35.1 Å². The number of benzene rings is 2. The Morgan fingerprint density at radius 1 is 1.12 bits per heavy atom. The summed E-state index contributed by atoms with van der Waals surface area (Å²) in [7, 11) is 0. The van der Waals surface area contributed by atoms with Gasteiger partial charge in [-0.05, 0) is 48.4 Å². The van der Waals surface area contributed by atoms with Gasteiger partial charge in [0.1, 0.15) is 5.82 Å². The number of anilines is 3. The van der Waals surface area contributed by atoms with E-state index in [1.807, 2.05) is 55.5 Å². The van der Waals surface area contributed by atoms with Gasteiger partial charge in [-0.2, -0.15) is 0 Å². The number of aryl methyl sites for hydroxylation is 1. The van der Waals surface area contributed by atoms with Gasteiger partial charge in [0.05, 0.1) is 24.7 Å². The zero-order chi connectivity index (χ0) is 23.2. The van der Waals surface area contributed by atoms with Crippen molar-refractivity contribution in [3.05, 3.63) is 59.2 Å². The summed E-state index contributed by atoms with van der Waals surface area (Å²) >= 11 is 7.27. The maximum Gasteiger partial charge on any atom is 0.234 e. The largest absolute Gasteiger partial charge is 0.383 e. The molecule has 0 saturated carbocycles. The average Bonchev–Trinajstić information content (AvgIpc) is 2.84. The zero-order valence-electron chi connectivity index (χ0n) is 18.4. The van der Waals surface area contributed by atoms with E-state index in [2.05, 4.69) is 20.2 Å². The summed E-state index contributed by atoms with van der Waals surface area (Å²) in [6, 6.07) is 15.3. The van der Waals surface area contributed by atoms with Crippen LogP contribution in [-0.4, -0.2) is 47.9 Å². The predicted molar refractivity (Wildman–Crippen MR) is 135 cm³/mol. The number of amides is 1. The van der Waals surface area contributed by atoms with Crippen LogP contribution in [0.25, 0.3) is 11.1 Å². The van der Waals surface area contributed by atoms with Crippen LogP contribution in [-0.2, 0) is 16.0 Å². The number of hydrogen-bond acceptors (Lipinski definition) is 7. The first kappa shape index (κ1) is 23.4. The smallest absolute Gasteiger partial charge is 0.234 e. The van der Waals surface area contributed by atoms with Gasteiger partial charge in [0.25, 0.3) is 0 Å². The molecule has 33 heavy (non-hydrogen) atoms. The van der Waals surface area contributed by atoms with Crippen LogP contribution in [0, 0.1) is 0 Å². The highest BCUT2D eigenvalue weighted by atomic mass is 35.5. The Morgan fingerprint density at radius 3 is 2.48 bits per heavy atom. The topological polar surface area (TPSA) is 93.4 Å². The number of nitrogens with one attached hydrogen (secondary N) is 1. The van der Waals surface area contributed by atoms with Gasteiger partial charge >= 0.3 is 0 Å². The lowest BCUT2D eigenvalue weighted by atomic mass is 10.0. The molecule has 2 heterocycles. The molecule has 7 nitrogen and oxygen atoms in total. The molecule has 4 rings (SSSR count). The predicted octanol–water partition coefficient (Wildman–Crippen LogP) is 4.51. The molecule has 1 saturated heterocycles. The Bertz CT molecular complexity index is 1100. The fraction of sp³-hybridized carbons (Fsp3) is 0.292. The average molecular weight is 484 g/mol. The number of aromatic nitrogens is 2. The summed E-state index contributed by atoms with van der Waals surface area (Å²) in [6.07, 6.45) is 0.694. The summed E-state index contributed by atoms with van der Waals surface area (Å²) in [4.78, 5) is 23.8. The first-order chi connectivity index (χ1) is 16.0. The second kappa shape index (κ2) is 10.9. The molecule has 0 aliphatic carbocycles. The van der Waals surface area contributed by atoms with Crippen molar-refractivity contribution in [3.8, 4) is 11.1 Å². The molecule has 1 fully saturated rings. The maximum absolute atomic E-state index is 12.5. The molecule has 9 heteroatoms. The molecule has 0 atom stereocenters. The lowest BCUT2D eigenvalue weighted by molar-refractivity contribution is -0.113. The fourth-order valence-electron chi connectivity index (χ4n) is 3.66. The maximum atomic E-state index is 12.5. The molecule has 0 radical (unpaired) electrons. The van der Waals surface area contributed by atoms with Crippen LogP contribution in [0.2, 0.25) is 5.02 Å². The Hall–Kier alpha value is -2.81. The summed E-state index contributed by atoms with van der Waals surface area (Å²) in [6.45, 7) is 5.25. The van der Waals surface area contributed by atoms with Crippen LogP contribution < -0.4 is 16.0 Å². The quantitative estimate of drug-likeness (QED) is 0.377. The normalized spacial score (nSPS) is 13.7. The zero-order valence-corrected chi connectivity index (χ0v) is 20.0. The SMILES string of the molecule is CCc1nc(SCC(=O)Nc2ccc(N3CCOCC3)cc2)nc(N)c1-c1ccc(Cl)cc1. The van der Waals surface area contributed by atoms with E-state index in [0.717, 1.165) is 54.5 Å². The molecular weight excluding hydrogens is 458 g/mol. The van der Waals surface area contributed by atoms with E-state index in [-0.39, 0.29) is 11.7 Å². The first-order valence-electron chi connectivity index (χ1n) is 10.8. The number of nitrogens with zero attached hydrogens (tertiary/aromatic N) is 3. The highest BCUT2D eigenvalue weighted by Gasteiger charge is 2.15. The van der Waals surface area contributed by atoms with Crippen LogP contribution in [0.3, 0.4) is 0 Å².